The van der Waals surface area contributed by atoms with Crippen molar-refractivity contribution < 1.29 is 14.3 Å². The number of hydrogen-bond acceptors (Lipinski definition) is 3. The number of ether oxygens (including phenoxy) is 2. The quantitative estimate of drug-likeness (QED) is 0.403. The molecular weight excluding hydrogens is 276 g/mol. The van der Waals surface area contributed by atoms with Gasteiger partial charge >= 0.3 is 5.97 Å². The molecule has 0 fully saturated rings. The highest BCUT2D eigenvalue weighted by molar-refractivity contribution is 5.69. The van der Waals surface area contributed by atoms with Crippen LogP contribution in [0.15, 0.2) is 24.3 Å². The molecule has 3 nitrogen and oxygen atoms in total. The molecule has 1 aromatic rings. The van der Waals surface area contributed by atoms with Crippen molar-refractivity contribution >= 4 is 5.97 Å². The third kappa shape index (κ3) is 7.48. The SMILES string of the molecule is CCCCCCCCCC(=O)OC(C)c1ccc(OC)cc1. The molecule has 3 heteroatoms. The summed E-state index contributed by atoms with van der Waals surface area (Å²) < 4.78 is 10.6. The molecule has 0 saturated carbocycles. The van der Waals surface area contributed by atoms with E-state index in [4.69, 9.17) is 9.47 Å². The van der Waals surface area contributed by atoms with Crippen LogP contribution in [-0.2, 0) is 9.53 Å². The molecule has 0 aromatic heterocycles. The Morgan fingerprint density at radius 3 is 2.18 bits per heavy atom. The predicted octanol–water partition coefficient (Wildman–Crippen LogP) is 5.44. The molecule has 0 heterocycles. The fraction of sp³-hybridized carbons (Fsp3) is 0.632. The standard InChI is InChI=1S/C19H30O3/c1-4-5-6-7-8-9-10-11-19(20)22-16(2)17-12-14-18(21-3)15-13-17/h12-16H,4-11H2,1-3H3. The lowest BCUT2D eigenvalue weighted by Gasteiger charge is -2.14. The van der Waals surface area contributed by atoms with Gasteiger partial charge in [0, 0.05) is 6.42 Å². The second-order valence-corrected chi connectivity index (χ2v) is 5.78. The zero-order valence-corrected chi connectivity index (χ0v) is 14.3. The van der Waals surface area contributed by atoms with Gasteiger partial charge in [0.1, 0.15) is 11.9 Å². The Hall–Kier alpha value is -1.51. The van der Waals surface area contributed by atoms with Crippen molar-refractivity contribution in [2.45, 2.75) is 71.3 Å². The van der Waals surface area contributed by atoms with E-state index in [1.54, 1.807) is 7.11 Å². The zero-order valence-electron chi connectivity index (χ0n) is 14.3. The average molecular weight is 306 g/mol. The van der Waals surface area contributed by atoms with Crippen LogP contribution >= 0.6 is 0 Å². The van der Waals surface area contributed by atoms with E-state index in [0.29, 0.717) is 6.42 Å². The molecule has 0 aliphatic heterocycles. The lowest BCUT2D eigenvalue weighted by molar-refractivity contribution is -0.148. The summed E-state index contributed by atoms with van der Waals surface area (Å²) in [4.78, 5) is 11.8. The van der Waals surface area contributed by atoms with Gasteiger partial charge in [0.15, 0.2) is 0 Å². The fourth-order valence-corrected chi connectivity index (χ4v) is 2.43. The van der Waals surface area contributed by atoms with Crippen molar-refractivity contribution in [1.82, 2.24) is 0 Å². The highest BCUT2D eigenvalue weighted by atomic mass is 16.5. The second-order valence-electron chi connectivity index (χ2n) is 5.78. The van der Waals surface area contributed by atoms with Crippen LogP contribution in [0.5, 0.6) is 5.75 Å². The first kappa shape index (κ1) is 18.5. The van der Waals surface area contributed by atoms with E-state index in [9.17, 15) is 4.79 Å². The van der Waals surface area contributed by atoms with Gasteiger partial charge in [0.2, 0.25) is 0 Å². The molecule has 0 radical (unpaired) electrons. The van der Waals surface area contributed by atoms with Gasteiger partial charge in [-0.05, 0) is 31.0 Å². The second kappa shape index (κ2) is 11.1. The summed E-state index contributed by atoms with van der Waals surface area (Å²) in [5.74, 6) is 0.710. The normalized spacial score (nSPS) is 12.0. The van der Waals surface area contributed by atoms with Gasteiger partial charge in [0.25, 0.3) is 0 Å². The monoisotopic (exact) mass is 306 g/mol. The number of rotatable bonds is 11. The maximum atomic E-state index is 11.8. The molecule has 0 amide bonds. The molecular formula is C19H30O3. The van der Waals surface area contributed by atoms with Crippen molar-refractivity contribution in [1.29, 1.82) is 0 Å². The molecule has 1 atom stereocenters. The maximum absolute atomic E-state index is 11.8. The number of carbonyl (C=O) groups excluding carboxylic acids is 1. The minimum absolute atomic E-state index is 0.100. The Kier molecular flexibility index (Phi) is 9.36. The Morgan fingerprint density at radius 1 is 1.00 bits per heavy atom. The highest BCUT2D eigenvalue weighted by Gasteiger charge is 2.11. The molecule has 0 bridgehead atoms. The van der Waals surface area contributed by atoms with Crippen molar-refractivity contribution in [3.63, 3.8) is 0 Å². The Morgan fingerprint density at radius 2 is 1.59 bits per heavy atom. The number of carbonyl (C=O) groups is 1. The Balaban J connectivity index is 2.18. The van der Waals surface area contributed by atoms with Gasteiger partial charge in [-0.2, -0.15) is 0 Å². The molecule has 124 valence electrons. The van der Waals surface area contributed by atoms with Crippen LogP contribution in [0, 0.1) is 0 Å². The van der Waals surface area contributed by atoms with Crippen molar-refractivity contribution in [3.05, 3.63) is 29.8 Å². The number of unbranched alkanes of at least 4 members (excludes halogenated alkanes) is 6. The maximum Gasteiger partial charge on any atom is 0.306 e. The average Bonchev–Trinajstić information content (AvgIpc) is 2.54. The minimum Gasteiger partial charge on any atom is -0.497 e. The molecule has 0 saturated heterocycles. The summed E-state index contributed by atoms with van der Waals surface area (Å²) in [7, 11) is 1.64. The minimum atomic E-state index is -0.206. The molecule has 0 aliphatic rings. The van der Waals surface area contributed by atoms with E-state index in [1.807, 2.05) is 31.2 Å². The molecule has 0 spiro atoms. The summed E-state index contributed by atoms with van der Waals surface area (Å²) in [5, 5.41) is 0. The van der Waals surface area contributed by atoms with Gasteiger partial charge in [-0.1, -0.05) is 57.6 Å². The van der Waals surface area contributed by atoms with Gasteiger partial charge in [-0.15, -0.1) is 0 Å². The predicted molar refractivity (Wildman–Crippen MR) is 90.1 cm³/mol. The summed E-state index contributed by atoms with van der Waals surface area (Å²) >= 11 is 0. The highest BCUT2D eigenvalue weighted by Crippen LogP contribution is 2.21. The van der Waals surface area contributed by atoms with Crippen LogP contribution in [-0.4, -0.2) is 13.1 Å². The number of hydrogen-bond donors (Lipinski definition) is 0. The summed E-state index contributed by atoms with van der Waals surface area (Å²) in [5.41, 5.74) is 0.994. The molecule has 22 heavy (non-hydrogen) atoms. The lowest BCUT2D eigenvalue weighted by Crippen LogP contribution is -2.08. The van der Waals surface area contributed by atoms with Crippen LogP contribution in [0.2, 0.25) is 0 Å². The number of methoxy groups -OCH3 is 1. The largest absolute Gasteiger partial charge is 0.497 e. The molecule has 1 aromatic carbocycles. The third-order valence-electron chi connectivity index (χ3n) is 3.88. The van der Waals surface area contributed by atoms with E-state index in [2.05, 4.69) is 6.92 Å². The van der Waals surface area contributed by atoms with Crippen molar-refractivity contribution in [3.8, 4) is 5.75 Å². The van der Waals surface area contributed by atoms with Crippen molar-refractivity contribution in [2.75, 3.05) is 7.11 Å². The van der Waals surface area contributed by atoms with Gasteiger partial charge in [-0.3, -0.25) is 4.79 Å². The van der Waals surface area contributed by atoms with Crippen LogP contribution < -0.4 is 4.74 Å². The van der Waals surface area contributed by atoms with Crippen molar-refractivity contribution in [2.24, 2.45) is 0 Å². The first-order valence-corrected chi connectivity index (χ1v) is 8.50. The summed E-state index contributed by atoms with van der Waals surface area (Å²) in [6.07, 6.45) is 8.78. The van der Waals surface area contributed by atoms with Crippen LogP contribution in [0.3, 0.4) is 0 Å². The topological polar surface area (TPSA) is 35.5 Å². The Bertz CT molecular complexity index is 411. The lowest BCUT2D eigenvalue weighted by atomic mass is 10.1. The summed E-state index contributed by atoms with van der Waals surface area (Å²) in [6, 6.07) is 7.64. The zero-order chi connectivity index (χ0) is 16.2. The van der Waals surface area contributed by atoms with Crippen LogP contribution in [0.25, 0.3) is 0 Å². The van der Waals surface area contributed by atoms with Gasteiger partial charge < -0.3 is 9.47 Å². The van der Waals surface area contributed by atoms with Crippen LogP contribution in [0.1, 0.15) is 76.9 Å². The first-order valence-electron chi connectivity index (χ1n) is 8.50. The smallest absolute Gasteiger partial charge is 0.306 e. The molecule has 0 aliphatic carbocycles. The van der Waals surface area contributed by atoms with Crippen LogP contribution in [0.4, 0.5) is 0 Å². The van der Waals surface area contributed by atoms with Gasteiger partial charge in [-0.25, -0.2) is 0 Å². The van der Waals surface area contributed by atoms with E-state index >= 15 is 0 Å². The fourth-order valence-electron chi connectivity index (χ4n) is 2.43. The van der Waals surface area contributed by atoms with E-state index < -0.39 is 0 Å². The number of benzene rings is 1. The summed E-state index contributed by atoms with van der Waals surface area (Å²) in [6.45, 7) is 4.13. The Labute approximate surface area is 135 Å². The van der Waals surface area contributed by atoms with Gasteiger partial charge in [0.05, 0.1) is 7.11 Å². The van der Waals surface area contributed by atoms with E-state index in [-0.39, 0.29) is 12.1 Å². The van der Waals surface area contributed by atoms with E-state index in [1.165, 1.54) is 32.1 Å². The third-order valence-corrected chi connectivity index (χ3v) is 3.88. The molecule has 1 rings (SSSR count). The van der Waals surface area contributed by atoms with E-state index in [0.717, 1.165) is 24.2 Å². The molecule has 0 N–H and O–H groups in total. The first-order chi connectivity index (χ1) is 10.7. The molecule has 1 unspecified atom stereocenters. The number of esters is 1.